The highest BCUT2D eigenvalue weighted by Crippen LogP contribution is 2.28. The number of halogens is 2. The van der Waals surface area contributed by atoms with Gasteiger partial charge in [0.15, 0.2) is 0 Å². The van der Waals surface area contributed by atoms with Gasteiger partial charge in [-0.25, -0.2) is 0 Å². The van der Waals surface area contributed by atoms with Crippen LogP contribution in [-0.2, 0) is 13.0 Å². The van der Waals surface area contributed by atoms with Crippen LogP contribution < -0.4 is 0 Å². The van der Waals surface area contributed by atoms with Crippen LogP contribution in [0.25, 0.3) is 0 Å². The molecule has 1 N–H and O–H groups in total. The normalized spacial score (nSPS) is 12.7. The van der Waals surface area contributed by atoms with E-state index in [2.05, 4.69) is 21.0 Å². The van der Waals surface area contributed by atoms with Crippen molar-refractivity contribution in [1.82, 2.24) is 9.78 Å². The van der Waals surface area contributed by atoms with Crippen molar-refractivity contribution in [3.05, 3.63) is 51.2 Å². The van der Waals surface area contributed by atoms with Gasteiger partial charge in [-0.3, -0.25) is 4.68 Å². The van der Waals surface area contributed by atoms with Gasteiger partial charge in [0.05, 0.1) is 12.3 Å². The van der Waals surface area contributed by atoms with Crippen LogP contribution in [0.3, 0.4) is 0 Å². The molecule has 0 aliphatic rings. The second-order valence-electron chi connectivity index (χ2n) is 4.09. The molecule has 1 unspecified atom stereocenters. The van der Waals surface area contributed by atoms with Crippen molar-refractivity contribution in [2.24, 2.45) is 0 Å². The third kappa shape index (κ3) is 3.13. The summed E-state index contributed by atoms with van der Waals surface area (Å²) in [6.45, 7) is 2.86. The molecule has 0 bridgehead atoms. The Bertz CT molecular complexity index is 542. The van der Waals surface area contributed by atoms with Gasteiger partial charge in [0.25, 0.3) is 0 Å². The molecule has 0 aliphatic carbocycles. The Morgan fingerprint density at radius 2 is 2.28 bits per heavy atom. The summed E-state index contributed by atoms with van der Waals surface area (Å²) in [6.07, 6.45) is 3.67. The lowest BCUT2D eigenvalue weighted by atomic mass is 10.0. The summed E-state index contributed by atoms with van der Waals surface area (Å²) in [6, 6.07) is 5.41. The van der Waals surface area contributed by atoms with E-state index in [1.807, 2.05) is 23.9 Å². The Morgan fingerprint density at radius 3 is 2.94 bits per heavy atom. The summed E-state index contributed by atoms with van der Waals surface area (Å²) in [4.78, 5) is 0. The molecule has 0 radical (unpaired) electrons. The molecule has 18 heavy (non-hydrogen) atoms. The maximum atomic E-state index is 10.2. The van der Waals surface area contributed by atoms with E-state index in [1.165, 1.54) is 0 Å². The van der Waals surface area contributed by atoms with Crippen LogP contribution in [0.4, 0.5) is 0 Å². The molecular weight excluding hydrogens is 316 g/mol. The number of hydrogen-bond donors (Lipinski definition) is 1. The van der Waals surface area contributed by atoms with Crippen molar-refractivity contribution < 1.29 is 5.11 Å². The summed E-state index contributed by atoms with van der Waals surface area (Å²) in [5.74, 6) is 0. The summed E-state index contributed by atoms with van der Waals surface area (Å²) in [5, 5.41) is 15.0. The van der Waals surface area contributed by atoms with Gasteiger partial charge < -0.3 is 5.11 Å². The van der Waals surface area contributed by atoms with Crippen LogP contribution >= 0.6 is 27.5 Å². The number of nitrogens with zero attached hydrogens (tertiary/aromatic N) is 2. The maximum Gasteiger partial charge on any atom is 0.0842 e. The predicted octanol–water partition coefficient (Wildman–Crippen LogP) is 3.60. The first kappa shape index (κ1) is 13.6. The average molecular weight is 330 g/mol. The Morgan fingerprint density at radius 1 is 1.50 bits per heavy atom. The molecule has 0 saturated carbocycles. The highest BCUT2D eigenvalue weighted by Gasteiger charge is 2.13. The maximum absolute atomic E-state index is 10.2. The minimum Gasteiger partial charge on any atom is -0.388 e. The molecule has 0 aliphatic heterocycles. The molecule has 0 spiro atoms. The van der Waals surface area contributed by atoms with Gasteiger partial charge in [-0.2, -0.15) is 5.10 Å². The Hall–Kier alpha value is -0.840. The van der Waals surface area contributed by atoms with Crippen LogP contribution in [0.15, 0.2) is 35.1 Å². The average Bonchev–Trinajstić information content (AvgIpc) is 2.80. The first-order valence-electron chi connectivity index (χ1n) is 5.74. The van der Waals surface area contributed by atoms with E-state index in [-0.39, 0.29) is 0 Å². The van der Waals surface area contributed by atoms with Crippen LogP contribution in [0.1, 0.15) is 24.2 Å². The standard InChI is InChI=1S/C13H14BrClN2O/c1-2-17-8-9(7-16-17)5-13(18)11-6-10(15)3-4-12(11)14/h3-4,6-8,13,18H,2,5H2,1H3. The lowest BCUT2D eigenvalue weighted by molar-refractivity contribution is 0.177. The molecule has 0 amide bonds. The minimum absolute atomic E-state index is 0.527. The van der Waals surface area contributed by atoms with Crippen molar-refractivity contribution in [3.63, 3.8) is 0 Å². The number of aliphatic hydroxyl groups is 1. The summed E-state index contributed by atoms with van der Waals surface area (Å²) < 4.78 is 2.71. The second kappa shape index (κ2) is 5.87. The lowest BCUT2D eigenvalue weighted by Crippen LogP contribution is -2.02. The van der Waals surface area contributed by atoms with Crippen molar-refractivity contribution in [3.8, 4) is 0 Å². The fraction of sp³-hybridized carbons (Fsp3) is 0.308. The van der Waals surface area contributed by atoms with Gasteiger partial charge in [0.2, 0.25) is 0 Å². The quantitative estimate of drug-likeness (QED) is 0.931. The highest BCUT2D eigenvalue weighted by atomic mass is 79.9. The van der Waals surface area contributed by atoms with E-state index in [4.69, 9.17) is 11.6 Å². The Kier molecular flexibility index (Phi) is 4.43. The smallest absolute Gasteiger partial charge is 0.0842 e. The third-order valence-corrected chi connectivity index (χ3v) is 3.71. The van der Waals surface area contributed by atoms with Crippen molar-refractivity contribution in [2.75, 3.05) is 0 Å². The first-order valence-corrected chi connectivity index (χ1v) is 6.91. The monoisotopic (exact) mass is 328 g/mol. The van der Waals surface area contributed by atoms with Gasteiger partial charge in [0, 0.05) is 28.7 Å². The van der Waals surface area contributed by atoms with Gasteiger partial charge >= 0.3 is 0 Å². The van der Waals surface area contributed by atoms with E-state index in [1.54, 1.807) is 18.3 Å². The van der Waals surface area contributed by atoms with Crippen molar-refractivity contribution in [1.29, 1.82) is 0 Å². The summed E-state index contributed by atoms with van der Waals surface area (Å²) >= 11 is 9.37. The number of aromatic nitrogens is 2. The van der Waals surface area contributed by atoms with Gasteiger partial charge in [-0.15, -0.1) is 0 Å². The Labute approximate surface area is 120 Å². The largest absolute Gasteiger partial charge is 0.388 e. The van der Waals surface area contributed by atoms with Gasteiger partial charge in [-0.05, 0) is 36.2 Å². The highest BCUT2D eigenvalue weighted by molar-refractivity contribution is 9.10. The van der Waals surface area contributed by atoms with Crippen LogP contribution in [0, 0.1) is 0 Å². The molecule has 96 valence electrons. The molecular formula is C13H14BrClN2O. The SMILES string of the molecule is CCn1cc(CC(O)c2cc(Cl)ccc2Br)cn1. The van der Waals surface area contributed by atoms with E-state index in [9.17, 15) is 5.11 Å². The topological polar surface area (TPSA) is 38.0 Å². The number of aryl methyl sites for hydroxylation is 1. The minimum atomic E-state index is -0.590. The molecule has 1 atom stereocenters. The molecule has 2 aromatic rings. The number of benzene rings is 1. The zero-order valence-electron chi connectivity index (χ0n) is 9.98. The number of aliphatic hydroxyl groups excluding tert-OH is 1. The fourth-order valence-electron chi connectivity index (χ4n) is 1.79. The van der Waals surface area contributed by atoms with E-state index >= 15 is 0 Å². The van der Waals surface area contributed by atoms with Crippen LogP contribution in [0.5, 0.6) is 0 Å². The van der Waals surface area contributed by atoms with E-state index in [0.29, 0.717) is 11.4 Å². The van der Waals surface area contributed by atoms with Crippen LogP contribution in [0.2, 0.25) is 5.02 Å². The second-order valence-corrected chi connectivity index (χ2v) is 5.38. The third-order valence-electron chi connectivity index (χ3n) is 2.76. The molecule has 1 aromatic carbocycles. The molecule has 0 saturated heterocycles. The predicted molar refractivity (Wildman–Crippen MR) is 75.7 cm³/mol. The Balaban J connectivity index is 2.16. The van der Waals surface area contributed by atoms with Crippen LogP contribution in [-0.4, -0.2) is 14.9 Å². The fourth-order valence-corrected chi connectivity index (χ4v) is 2.48. The molecule has 3 nitrogen and oxygen atoms in total. The van der Waals surface area contributed by atoms with Crippen molar-refractivity contribution in [2.45, 2.75) is 26.0 Å². The summed E-state index contributed by atoms with van der Waals surface area (Å²) in [5.41, 5.74) is 1.81. The zero-order chi connectivity index (χ0) is 13.1. The lowest BCUT2D eigenvalue weighted by Gasteiger charge is -2.12. The van der Waals surface area contributed by atoms with Crippen molar-refractivity contribution >= 4 is 27.5 Å². The van der Waals surface area contributed by atoms with Gasteiger partial charge in [0.1, 0.15) is 0 Å². The zero-order valence-corrected chi connectivity index (χ0v) is 12.3. The molecule has 1 heterocycles. The number of hydrogen-bond acceptors (Lipinski definition) is 2. The van der Waals surface area contributed by atoms with E-state index in [0.717, 1.165) is 22.1 Å². The molecule has 1 aromatic heterocycles. The first-order chi connectivity index (χ1) is 8.60. The molecule has 0 fully saturated rings. The van der Waals surface area contributed by atoms with Gasteiger partial charge in [-0.1, -0.05) is 27.5 Å². The summed E-state index contributed by atoms with van der Waals surface area (Å²) in [7, 11) is 0. The molecule has 5 heteroatoms. The number of rotatable bonds is 4. The molecule has 2 rings (SSSR count). The van der Waals surface area contributed by atoms with E-state index < -0.39 is 6.10 Å².